The van der Waals surface area contributed by atoms with E-state index < -0.39 is 52.3 Å². The summed E-state index contributed by atoms with van der Waals surface area (Å²) in [7, 11) is 2.40. The monoisotopic (exact) mass is 598 g/mol. The molecule has 2 amide bonds. The minimum Gasteiger partial charge on any atom is -0.467 e. The zero-order chi connectivity index (χ0) is 32.3. The molecular formula is C24H38N8O10. The third kappa shape index (κ3) is 13.4. The quantitative estimate of drug-likeness (QED) is 0.160. The van der Waals surface area contributed by atoms with Gasteiger partial charge in [-0.05, 0) is 41.5 Å². The average molecular weight is 599 g/mol. The lowest BCUT2D eigenvalue weighted by Gasteiger charge is -2.22. The number of alkyl carbamates (subject to hydrolysis) is 2. The van der Waals surface area contributed by atoms with Crippen LogP contribution in [0.1, 0.15) is 41.5 Å². The molecule has 0 radical (unpaired) electrons. The van der Waals surface area contributed by atoms with E-state index >= 15 is 0 Å². The first-order chi connectivity index (χ1) is 19.3. The van der Waals surface area contributed by atoms with Gasteiger partial charge in [0.05, 0.1) is 44.1 Å². The minimum atomic E-state index is -1.08. The number of amides is 2. The van der Waals surface area contributed by atoms with E-state index in [4.69, 9.17) is 15.2 Å². The Labute approximate surface area is 241 Å². The van der Waals surface area contributed by atoms with Crippen LogP contribution in [0.5, 0.6) is 0 Å². The number of nitrogens with zero attached hydrogens (tertiary/aromatic N) is 5. The summed E-state index contributed by atoms with van der Waals surface area (Å²) in [6.07, 6.45) is 3.68. The maximum atomic E-state index is 11.7. The van der Waals surface area contributed by atoms with Gasteiger partial charge in [-0.1, -0.05) is 0 Å². The van der Waals surface area contributed by atoms with Crippen molar-refractivity contribution >= 4 is 35.5 Å². The van der Waals surface area contributed by atoms with Crippen LogP contribution in [0.15, 0.2) is 24.8 Å². The van der Waals surface area contributed by atoms with Crippen molar-refractivity contribution in [2.75, 3.05) is 20.0 Å². The van der Waals surface area contributed by atoms with Crippen LogP contribution in [0.3, 0.4) is 0 Å². The van der Waals surface area contributed by atoms with Crippen molar-refractivity contribution in [1.29, 1.82) is 0 Å². The molecule has 2 heterocycles. The first-order valence-corrected chi connectivity index (χ1v) is 12.4. The lowest BCUT2D eigenvalue weighted by atomic mass is 10.2. The maximum Gasteiger partial charge on any atom is 0.408 e. The molecule has 18 nitrogen and oxygen atoms in total. The van der Waals surface area contributed by atoms with E-state index in [0.717, 1.165) is 24.2 Å². The van der Waals surface area contributed by atoms with Crippen LogP contribution in [0.4, 0.5) is 21.0 Å². The SMILES string of the molecule is COC(=O)[C@H](Cn1cc(N)cn1)NC(=O)OC(C)(C)C.COC(=O)[C@H](Cn1cc([N+](=O)[O-])cn1)NC(=O)OC(C)(C)C. The second-order valence-corrected chi connectivity index (χ2v) is 10.6. The number of ether oxygens (including phenoxy) is 4. The van der Waals surface area contributed by atoms with Gasteiger partial charge in [0.2, 0.25) is 0 Å². The van der Waals surface area contributed by atoms with Gasteiger partial charge in [-0.2, -0.15) is 10.2 Å². The third-order valence-electron chi connectivity index (χ3n) is 4.58. The molecule has 0 aromatic carbocycles. The lowest BCUT2D eigenvalue weighted by molar-refractivity contribution is -0.385. The highest BCUT2D eigenvalue weighted by Crippen LogP contribution is 2.11. The molecule has 0 aliphatic heterocycles. The number of nitro groups is 1. The average Bonchev–Trinajstić information content (AvgIpc) is 3.49. The summed E-state index contributed by atoms with van der Waals surface area (Å²) in [5.41, 5.74) is 4.40. The molecule has 234 valence electrons. The number of aromatic nitrogens is 4. The van der Waals surface area contributed by atoms with Crippen LogP contribution in [0, 0.1) is 10.1 Å². The zero-order valence-corrected chi connectivity index (χ0v) is 24.8. The first-order valence-electron chi connectivity index (χ1n) is 12.4. The van der Waals surface area contributed by atoms with Crippen LogP contribution < -0.4 is 16.4 Å². The Balaban J connectivity index is 0.000000422. The van der Waals surface area contributed by atoms with Crippen LogP contribution in [0.25, 0.3) is 0 Å². The summed E-state index contributed by atoms with van der Waals surface area (Å²) >= 11 is 0. The molecule has 42 heavy (non-hydrogen) atoms. The predicted octanol–water partition coefficient (Wildman–Crippen LogP) is 1.39. The highest BCUT2D eigenvalue weighted by Gasteiger charge is 2.27. The minimum absolute atomic E-state index is 0.100. The van der Waals surface area contributed by atoms with Crippen molar-refractivity contribution in [3.8, 4) is 0 Å². The third-order valence-corrected chi connectivity index (χ3v) is 4.58. The number of esters is 2. The number of nitrogens with one attached hydrogen (secondary N) is 2. The van der Waals surface area contributed by atoms with E-state index in [2.05, 4.69) is 30.3 Å². The van der Waals surface area contributed by atoms with Gasteiger partial charge in [0.15, 0.2) is 0 Å². The van der Waals surface area contributed by atoms with E-state index in [1.165, 1.54) is 18.0 Å². The van der Waals surface area contributed by atoms with Gasteiger partial charge in [-0.3, -0.25) is 19.5 Å². The fourth-order valence-corrected chi connectivity index (χ4v) is 2.94. The molecule has 0 unspecified atom stereocenters. The Bertz CT molecular complexity index is 1230. The molecule has 0 saturated carbocycles. The number of carbonyl (C=O) groups is 4. The van der Waals surface area contributed by atoms with E-state index in [1.54, 1.807) is 47.7 Å². The summed E-state index contributed by atoms with van der Waals surface area (Å²) < 4.78 is 22.0. The molecule has 18 heteroatoms. The molecule has 4 N–H and O–H groups in total. The summed E-state index contributed by atoms with van der Waals surface area (Å²) in [4.78, 5) is 56.7. The van der Waals surface area contributed by atoms with Gasteiger partial charge in [0.25, 0.3) is 0 Å². The van der Waals surface area contributed by atoms with Crippen molar-refractivity contribution in [1.82, 2.24) is 30.2 Å². The molecule has 0 spiro atoms. The number of carbonyl (C=O) groups excluding carboxylic acids is 4. The summed E-state index contributed by atoms with van der Waals surface area (Å²) in [5.74, 6) is -1.31. The summed E-state index contributed by atoms with van der Waals surface area (Å²) in [6.45, 7) is 10.2. The predicted molar refractivity (Wildman–Crippen MR) is 146 cm³/mol. The van der Waals surface area contributed by atoms with E-state index in [1.807, 2.05) is 0 Å². The van der Waals surface area contributed by atoms with Gasteiger partial charge >= 0.3 is 29.8 Å². The standard InChI is InChI=1S/C12H18N4O6.C12H20N4O4/c1-12(2,3)22-11(18)14-9(10(17)21-4)7-15-6-8(5-13-15)16(19)20;1-12(2,3)20-11(18)15-9(10(17)19-4)7-16-6-8(13)5-14-16/h5-6,9H,7H2,1-4H3,(H,14,18);5-6,9H,7,13H2,1-4H3,(H,15,18)/t2*9-/m00/s1. The van der Waals surface area contributed by atoms with Crippen LogP contribution >= 0.6 is 0 Å². The van der Waals surface area contributed by atoms with Crippen molar-refractivity contribution in [2.45, 2.75) is 77.9 Å². The van der Waals surface area contributed by atoms with Crippen molar-refractivity contribution in [3.63, 3.8) is 0 Å². The Kier molecular flexibility index (Phi) is 12.7. The number of nitrogens with two attached hydrogens (primary N) is 1. The molecule has 0 bridgehead atoms. The zero-order valence-electron chi connectivity index (χ0n) is 24.8. The number of hydrogen-bond acceptors (Lipinski definition) is 13. The van der Waals surface area contributed by atoms with Gasteiger partial charge in [-0.15, -0.1) is 0 Å². The van der Waals surface area contributed by atoms with E-state index in [0.29, 0.717) is 5.69 Å². The number of methoxy groups -OCH3 is 2. The van der Waals surface area contributed by atoms with Gasteiger partial charge in [0.1, 0.15) is 35.7 Å². The second-order valence-electron chi connectivity index (χ2n) is 10.6. The smallest absolute Gasteiger partial charge is 0.408 e. The number of rotatable bonds is 9. The number of hydrogen-bond donors (Lipinski definition) is 3. The molecule has 0 fully saturated rings. The Morgan fingerprint density at radius 2 is 1.26 bits per heavy atom. The number of anilines is 1. The number of nitrogen functional groups attached to an aromatic ring is 1. The van der Waals surface area contributed by atoms with E-state index in [-0.39, 0.29) is 18.8 Å². The molecule has 2 aromatic rings. The summed E-state index contributed by atoms with van der Waals surface area (Å²) in [5, 5.41) is 23.1. The normalized spacial score (nSPS) is 12.5. The molecule has 0 aliphatic rings. The fourth-order valence-electron chi connectivity index (χ4n) is 2.94. The first kappa shape index (κ1) is 35.1. The van der Waals surface area contributed by atoms with Gasteiger partial charge in [-0.25, -0.2) is 19.2 Å². The Hall–Kier alpha value is -4.90. The molecule has 2 atom stereocenters. The van der Waals surface area contributed by atoms with E-state index in [9.17, 15) is 29.3 Å². The van der Waals surface area contributed by atoms with Crippen LogP contribution in [0.2, 0.25) is 0 Å². The molecule has 0 aliphatic carbocycles. The highest BCUT2D eigenvalue weighted by molar-refractivity contribution is 5.81. The topological polar surface area (TPSA) is 234 Å². The van der Waals surface area contributed by atoms with Crippen LogP contribution in [-0.4, -0.2) is 86.1 Å². The van der Waals surface area contributed by atoms with Crippen molar-refractivity contribution in [3.05, 3.63) is 34.9 Å². The largest absolute Gasteiger partial charge is 0.467 e. The Morgan fingerprint density at radius 1 is 0.857 bits per heavy atom. The Morgan fingerprint density at radius 3 is 1.57 bits per heavy atom. The molecular weight excluding hydrogens is 560 g/mol. The van der Waals surface area contributed by atoms with Gasteiger partial charge in [0, 0.05) is 6.20 Å². The molecule has 2 aromatic heterocycles. The van der Waals surface area contributed by atoms with Crippen molar-refractivity contribution in [2.24, 2.45) is 0 Å². The van der Waals surface area contributed by atoms with Gasteiger partial charge < -0.3 is 35.3 Å². The highest BCUT2D eigenvalue weighted by atomic mass is 16.6. The van der Waals surface area contributed by atoms with Crippen molar-refractivity contribution < 1.29 is 43.0 Å². The fraction of sp³-hybridized carbons (Fsp3) is 0.583. The summed E-state index contributed by atoms with van der Waals surface area (Å²) in [6, 6.07) is -1.99. The lowest BCUT2D eigenvalue weighted by Crippen LogP contribution is -2.46. The second kappa shape index (κ2) is 15.2. The maximum absolute atomic E-state index is 11.7. The molecule has 0 saturated heterocycles. The molecule has 2 rings (SSSR count). The van der Waals surface area contributed by atoms with Crippen LogP contribution in [-0.2, 0) is 41.6 Å².